The summed E-state index contributed by atoms with van der Waals surface area (Å²) in [6.07, 6.45) is 3.17. The van der Waals surface area contributed by atoms with Gasteiger partial charge in [-0.15, -0.1) is 0 Å². The Hall–Kier alpha value is -1.70. The van der Waals surface area contributed by atoms with Crippen molar-refractivity contribution in [3.05, 3.63) is 40.0 Å². The number of nitrogens with one attached hydrogen (secondary N) is 2. The monoisotopic (exact) mass is 311 g/mol. The maximum atomic E-state index is 11.7. The van der Waals surface area contributed by atoms with Gasteiger partial charge in [-0.2, -0.15) is 5.26 Å². The van der Waals surface area contributed by atoms with E-state index >= 15 is 0 Å². The molecule has 0 unspecified atom stereocenters. The highest BCUT2D eigenvalue weighted by molar-refractivity contribution is 6.43. The highest BCUT2D eigenvalue weighted by Crippen LogP contribution is 2.29. The normalized spacial score (nSPS) is 10.8. The van der Waals surface area contributed by atoms with E-state index in [0.717, 1.165) is 12.8 Å². The van der Waals surface area contributed by atoms with Gasteiger partial charge in [0.2, 0.25) is 0 Å². The number of halogens is 2. The molecule has 6 heteroatoms. The predicted octanol–water partition coefficient (Wildman–Crippen LogP) is 3.73. The molecule has 0 saturated heterocycles. The van der Waals surface area contributed by atoms with Crippen LogP contribution in [0.25, 0.3) is 0 Å². The van der Waals surface area contributed by atoms with Crippen molar-refractivity contribution in [2.45, 2.75) is 19.8 Å². The average Bonchev–Trinajstić information content (AvgIpc) is 2.44. The summed E-state index contributed by atoms with van der Waals surface area (Å²) in [5.41, 5.74) is 0.519. The van der Waals surface area contributed by atoms with Crippen LogP contribution in [0, 0.1) is 11.3 Å². The number of carbonyl (C=O) groups is 1. The van der Waals surface area contributed by atoms with E-state index in [2.05, 4.69) is 10.6 Å². The molecule has 0 aromatic heterocycles. The van der Waals surface area contributed by atoms with Crippen LogP contribution in [0.2, 0.25) is 10.0 Å². The van der Waals surface area contributed by atoms with E-state index < -0.39 is 5.91 Å². The second-order valence-electron chi connectivity index (χ2n) is 4.02. The first kappa shape index (κ1) is 16.4. The molecule has 0 radical (unpaired) electrons. The van der Waals surface area contributed by atoms with Gasteiger partial charge in [-0.05, 0) is 18.6 Å². The second-order valence-corrected chi connectivity index (χ2v) is 4.81. The molecule has 0 aliphatic carbocycles. The maximum Gasteiger partial charge on any atom is 0.263 e. The largest absolute Gasteiger partial charge is 0.359 e. The van der Waals surface area contributed by atoms with Gasteiger partial charge >= 0.3 is 0 Å². The van der Waals surface area contributed by atoms with E-state index in [9.17, 15) is 4.79 Å². The van der Waals surface area contributed by atoms with Crippen molar-refractivity contribution in [2.24, 2.45) is 0 Å². The molecule has 1 rings (SSSR count). The number of amides is 1. The van der Waals surface area contributed by atoms with Gasteiger partial charge in [-0.3, -0.25) is 4.79 Å². The van der Waals surface area contributed by atoms with E-state index in [4.69, 9.17) is 28.5 Å². The van der Waals surface area contributed by atoms with Crippen LogP contribution in [-0.4, -0.2) is 12.5 Å². The number of carbonyl (C=O) groups excluding carboxylic acids is 1. The van der Waals surface area contributed by atoms with Crippen molar-refractivity contribution in [1.29, 1.82) is 5.26 Å². The zero-order valence-electron chi connectivity index (χ0n) is 11.0. The van der Waals surface area contributed by atoms with Crippen LogP contribution in [0.5, 0.6) is 0 Å². The van der Waals surface area contributed by atoms with E-state index in [0.29, 0.717) is 22.3 Å². The van der Waals surface area contributed by atoms with Crippen molar-refractivity contribution in [2.75, 3.05) is 11.9 Å². The first-order chi connectivity index (χ1) is 9.60. The van der Waals surface area contributed by atoms with E-state index in [1.165, 1.54) is 6.20 Å². The quantitative estimate of drug-likeness (QED) is 0.478. The van der Waals surface area contributed by atoms with Gasteiger partial charge in [-0.1, -0.05) is 42.6 Å². The molecule has 20 heavy (non-hydrogen) atoms. The lowest BCUT2D eigenvalue weighted by Gasteiger charge is -2.06. The molecule has 0 atom stereocenters. The first-order valence-electron chi connectivity index (χ1n) is 6.19. The smallest absolute Gasteiger partial charge is 0.263 e. The zero-order chi connectivity index (χ0) is 15.0. The Bertz CT molecular complexity index is 550. The molecular formula is C14H15Cl2N3O. The molecule has 0 aliphatic heterocycles. The van der Waals surface area contributed by atoms with Crippen molar-refractivity contribution < 1.29 is 4.79 Å². The Kier molecular flexibility index (Phi) is 6.92. The minimum Gasteiger partial charge on any atom is -0.359 e. The predicted molar refractivity (Wildman–Crippen MR) is 81.7 cm³/mol. The highest BCUT2D eigenvalue weighted by Gasteiger charge is 2.08. The summed E-state index contributed by atoms with van der Waals surface area (Å²) in [4.78, 5) is 11.7. The molecule has 0 fully saturated rings. The highest BCUT2D eigenvalue weighted by atomic mass is 35.5. The Morgan fingerprint density at radius 2 is 2.20 bits per heavy atom. The number of nitrogens with zero attached hydrogens (tertiary/aromatic N) is 1. The third kappa shape index (κ3) is 4.76. The van der Waals surface area contributed by atoms with E-state index in [-0.39, 0.29) is 5.57 Å². The molecule has 1 aromatic rings. The van der Waals surface area contributed by atoms with E-state index in [1.807, 2.05) is 13.0 Å². The minimum absolute atomic E-state index is 0.0165. The number of hydrogen-bond acceptors (Lipinski definition) is 3. The Morgan fingerprint density at radius 3 is 2.85 bits per heavy atom. The number of unbranched alkanes of at least 4 members (excludes halogenated alkanes) is 1. The number of rotatable bonds is 6. The third-order valence-electron chi connectivity index (χ3n) is 2.50. The topological polar surface area (TPSA) is 64.9 Å². The van der Waals surface area contributed by atoms with Gasteiger partial charge < -0.3 is 10.6 Å². The fourth-order valence-electron chi connectivity index (χ4n) is 1.39. The number of anilines is 1. The van der Waals surface area contributed by atoms with Crippen molar-refractivity contribution in [1.82, 2.24) is 5.32 Å². The van der Waals surface area contributed by atoms with Crippen LogP contribution >= 0.6 is 23.2 Å². The first-order valence-corrected chi connectivity index (χ1v) is 6.94. The van der Waals surface area contributed by atoms with Crippen LogP contribution < -0.4 is 10.6 Å². The van der Waals surface area contributed by atoms with Gasteiger partial charge in [0.25, 0.3) is 5.91 Å². The summed E-state index contributed by atoms with van der Waals surface area (Å²) in [6.45, 7) is 2.57. The van der Waals surface area contributed by atoms with Crippen molar-refractivity contribution >= 4 is 34.8 Å². The van der Waals surface area contributed by atoms with Gasteiger partial charge in [0.15, 0.2) is 0 Å². The molecule has 0 spiro atoms. The SMILES string of the molecule is CCCCNC(=O)/C(C#N)=C\Nc1cccc(Cl)c1Cl. The standard InChI is InChI=1S/C14H15Cl2N3O/c1-2-3-7-18-14(20)10(8-17)9-19-12-6-4-5-11(15)13(12)16/h4-6,9,19H,2-3,7H2,1H3,(H,18,20)/b10-9-. The molecule has 2 N–H and O–H groups in total. The number of hydrogen-bond donors (Lipinski definition) is 2. The lowest BCUT2D eigenvalue weighted by Crippen LogP contribution is -2.25. The number of nitriles is 1. The maximum absolute atomic E-state index is 11.7. The fraction of sp³-hybridized carbons (Fsp3) is 0.286. The lowest BCUT2D eigenvalue weighted by molar-refractivity contribution is -0.117. The van der Waals surface area contributed by atoms with Crippen LogP contribution in [0.3, 0.4) is 0 Å². The van der Waals surface area contributed by atoms with Gasteiger partial charge in [-0.25, -0.2) is 0 Å². The van der Waals surface area contributed by atoms with E-state index in [1.54, 1.807) is 18.2 Å². The second kappa shape index (κ2) is 8.47. The summed E-state index contributed by atoms with van der Waals surface area (Å²) in [6, 6.07) is 6.92. The summed E-state index contributed by atoms with van der Waals surface area (Å²) in [5.74, 6) is -0.411. The Labute approximate surface area is 128 Å². The third-order valence-corrected chi connectivity index (χ3v) is 3.32. The molecule has 1 aromatic carbocycles. The lowest BCUT2D eigenvalue weighted by atomic mass is 10.2. The number of benzene rings is 1. The molecule has 0 bridgehead atoms. The Balaban J connectivity index is 2.73. The molecule has 1 amide bonds. The summed E-state index contributed by atoms with van der Waals surface area (Å²) in [7, 11) is 0. The van der Waals surface area contributed by atoms with Crippen LogP contribution in [0.15, 0.2) is 30.0 Å². The molecule has 0 saturated carbocycles. The van der Waals surface area contributed by atoms with Gasteiger partial charge in [0.1, 0.15) is 11.6 Å². The van der Waals surface area contributed by atoms with Crippen LogP contribution in [0.4, 0.5) is 5.69 Å². The average molecular weight is 312 g/mol. The summed E-state index contributed by atoms with van der Waals surface area (Å²) < 4.78 is 0. The van der Waals surface area contributed by atoms with Crippen LogP contribution in [0.1, 0.15) is 19.8 Å². The molecule has 4 nitrogen and oxygen atoms in total. The zero-order valence-corrected chi connectivity index (χ0v) is 12.6. The molecule has 106 valence electrons. The molecular weight excluding hydrogens is 297 g/mol. The van der Waals surface area contributed by atoms with Crippen molar-refractivity contribution in [3.63, 3.8) is 0 Å². The molecule has 0 aliphatic rings. The van der Waals surface area contributed by atoms with Crippen molar-refractivity contribution in [3.8, 4) is 6.07 Å². The fourth-order valence-corrected chi connectivity index (χ4v) is 1.74. The van der Waals surface area contributed by atoms with Gasteiger partial charge in [0.05, 0.1) is 15.7 Å². The minimum atomic E-state index is -0.411. The van der Waals surface area contributed by atoms with Gasteiger partial charge in [0, 0.05) is 12.7 Å². The van der Waals surface area contributed by atoms with Crippen LogP contribution in [-0.2, 0) is 4.79 Å². The summed E-state index contributed by atoms with van der Waals surface area (Å²) >= 11 is 11.9. The Morgan fingerprint density at radius 1 is 1.45 bits per heavy atom. The molecule has 0 heterocycles. The summed E-state index contributed by atoms with van der Waals surface area (Å²) in [5, 5.41) is 15.2.